The van der Waals surface area contributed by atoms with Crippen molar-refractivity contribution in [1.29, 1.82) is 0 Å². The number of nitrogens with zero attached hydrogens (tertiary/aromatic N) is 3. The molecule has 0 aliphatic heterocycles. The second-order valence-corrected chi connectivity index (χ2v) is 7.14. The van der Waals surface area contributed by atoms with E-state index in [2.05, 4.69) is 15.0 Å². The Morgan fingerprint density at radius 3 is 2.75 bits per heavy atom. The molecule has 4 aromatic rings. The van der Waals surface area contributed by atoms with Crippen molar-refractivity contribution in [2.45, 2.75) is 32.8 Å². The van der Waals surface area contributed by atoms with Crippen LogP contribution in [0, 0.1) is 6.92 Å². The van der Waals surface area contributed by atoms with Crippen LogP contribution in [0.4, 0.5) is 0 Å². The summed E-state index contributed by atoms with van der Waals surface area (Å²) < 4.78 is 7.68. The van der Waals surface area contributed by atoms with Crippen molar-refractivity contribution >= 4 is 11.0 Å². The van der Waals surface area contributed by atoms with Crippen LogP contribution in [-0.4, -0.2) is 31.2 Å². The Bertz CT molecular complexity index is 1100. The predicted molar refractivity (Wildman–Crippen MR) is 109 cm³/mol. The Balaban J connectivity index is 1.66. The number of pyridine rings is 1. The van der Waals surface area contributed by atoms with Gasteiger partial charge in [-0.2, -0.15) is 0 Å². The van der Waals surface area contributed by atoms with E-state index in [1.807, 2.05) is 67.2 Å². The average molecular weight is 376 g/mol. The van der Waals surface area contributed by atoms with E-state index in [1.54, 1.807) is 13.1 Å². The first-order valence-electron chi connectivity index (χ1n) is 9.41. The number of nitrogens with one attached hydrogen (secondary N) is 1. The van der Waals surface area contributed by atoms with Crippen molar-refractivity contribution in [2.24, 2.45) is 0 Å². The zero-order valence-corrected chi connectivity index (χ0v) is 16.3. The number of aliphatic hydroxyl groups is 1. The van der Waals surface area contributed by atoms with Gasteiger partial charge in [0.1, 0.15) is 17.2 Å². The van der Waals surface area contributed by atoms with Gasteiger partial charge in [-0.05, 0) is 57.2 Å². The Hall–Kier alpha value is -3.12. The second kappa shape index (κ2) is 7.13. The van der Waals surface area contributed by atoms with Crippen LogP contribution in [0.15, 0.2) is 55.0 Å². The minimum Gasteiger partial charge on any atom is -0.493 e. The molecule has 0 saturated carbocycles. The third-order valence-corrected chi connectivity index (χ3v) is 4.95. The van der Waals surface area contributed by atoms with Crippen LogP contribution in [0.5, 0.6) is 5.75 Å². The third kappa shape index (κ3) is 3.39. The lowest BCUT2D eigenvalue weighted by Crippen LogP contribution is -2.27. The van der Waals surface area contributed by atoms with Crippen molar-refractivity contribution in [2.75, 3.05) is 6.61 Å². The molecule has 28 heavy (non-hydrogen) atoms. The summed E-state index contributed by atoms with van der Waals surface area (Å²) in [6.07, 6.45) is 6.04. The van der Waals surface area contributed by atoms with Gasteiger partial charge in [-0.1, -0.05) is 0 Å². The lowest BCUT2D eigenvalue weighted by Gasteiger charge is -2.22. The predicted octanol–water partition coefficient (Wildman–Crippen LogP) is 3.91. The van der Waals surface area contributed by atoms with E-state index in [0.29, 0.717) is 18.9 Å². The number of rotatable bonds is 6. The molecule has 0 radical (unpaired) electrons. The SMILES string of the molecule is CCOc1ccnc(CC(C)(O)c2nc3ccc(-n4cccc4)cc3[nH]2)c1C. The molecule has 1 aromatic carbocycles. The van der Waals surface area contributed by atoms with Gasteiger partial charge in [0.25, 0.3) is 0 Å². The van der Waals surface area contributed by atoms with Crippen molar-refractivity contribution in [3.63, 3.8) is 0 Å². The third-order valence-electron chi connectivity index (χ3n) is 4.95. The Morgan fingerprint density at radius 1 is 1.21 bits per heavy atom. The summed E-state index contributed by atoms with van der Waals surface area (Å²) in [7, 11) is 0. The molecule has 4 rings (SSSR count). The summed E-state index contributed by atoms with van der Waals surface area (Å²) in [5, 5.41) is 11.2. The molecule has 144 valence electrons. The van der Waals surface area contributed by atoms with Gasteiger partial charge in [-0.3, -0.25) is 4.98 Å². The summed E-state index contributed by atoms with van der Waals surface area (Å²) in [6.45, 7) is 6.26. The Kier molecular flexibility index (Phi) is 4.65. The molecule has 3 heterocycles. The van der Waals surface area contributed by atoms with Gasteiger partial charge >= 0.3 is 0 Å². The van der Waals surface area contributed by atoms with E-state index in [9.17, 15) is 5.11 Å². The second-order valence-electron chi connectivity index (χ2n) is 7.14. The number of hydrogen-bond donors (Lipinski definition) is 2. The number of ether oxygens (including phenoxy) is 1. The average Bonchev–Trinajstić information content (AvgIpc) is 3.34. The van der Waals surface area contributed by atoms with Gasteiger partial charge in [0, 0.05) is 36.3 Å². The molecule has 1 unspecified atom stereocenters. The molecule has 0 bridgehead atoms. The first-order chi connectivity index (χ1) is 13.5. The lowest BCUT2D eigenvalue weighted by atomic mass is 9.96. The standard InChI is InChI=1S/C22H24N4O2/c1-4-28-20-9-10-23-19(15(20)2)14-22(3,27)21-24-17-8-7-16(13-18(17)25-21)26-11-5-6-12-26/h5-13,27H,4,14H2,1-3H3,(H,24,25). The number of H-pyrrole nitrogens is 1. The Labute approximate surface area is 163 Å². The van der Waals surface area contributed by atoms with E-state index in [0.717, 1.165) is 33.7 Å². The molecule has 0 aliphatic carbocycles. The monoisotopic (exact) mass is 376 g/mol. The van der Waals surface area contributed by atoms with E-state index in [1.165, 1.54) is 0 Å². The number of benzene rings is 1. The highest BCUT2D eigenvalue weighted by Gasteiger charge is 2.29. The molecule has 0 amide bonds. The molecule has 6 nitrogen and oxygen atoms in total. The van der Waals surface area contributed by atoms with Gasteiger partial charge in [-0.15, -0.1) is 0 Å². The van der Waals surface area contributed by atoms with Crippen LogP contribution in [0.3, 0.4) is 0 Å². The topological polar surface area (TPSA) is 76.0 Å². The minimum atomic E-state index is -1.19. The van der Waals surface area contributed by atoms with Crippen LogP contribution in [0.2, 0.25) is 0 Å². The molecule has 2 N–H and O–H groups in total. The molecule has 0 saturated heterocycles. The van der Waals surface area contributed by atoms with E-state index in [-0.39, 0.29) is 0 Å². The Morgan fingerprint density at radius 2 is 2.00 bits per heavy atom. The smallest absolute Gasteiger partial charge is 0.139 e. The maximum atomic E-state index is 11.2. The van der Waals surface area contributed by atoms with Crippen LogP contribution < -0.4 is 4.74 Å². The highest BCUT2D eigenvalue weighted by molar-refractivity contribution is 5.77. The van der Waals surface area contributed by atoms with Crippen molar-refractivity contribution in [3.8, 4) is 11.4 Å². The highest BCUT2D eigenvalue weighted by atomic mass is 16.5. The first kappa shape index (κ1) is 18.3. The van der Waals surface area contributed by atoms with Gasteiger partial charge < -0.3 is 19.4 Å². The molecule has 3 aromatic heterocycles. The van der Waals surface area contributed by atoms with Gasteiger partial charge in [-0.25, -0.2) is 4.98 Å². The highest BCUT2D eigenvalue weighted by Crippen LogP contribution is 2.29. The van der Waals surface area contributed by atoms with Gasteiger partial charge in [0.05, 0.1) is 23.3 Å². The zero-order valence-electron chi connectivity index (χ0n) is 16.3. The van der Waals surface area contributed by atoms with Crippen LogP contribution in [0.25, 0.3) is 16.7 Å². The van der Waals surface area contributed by atoms with E-state index in [4.69, 9.17) is 4.74 Å². The van der Waals surface area contributed by atoms with Crippen LogP contribution in [0.1, 0.15) is 30.9 Å². The first-order valence-corrected chi connectivity index (χ1v) is 9.41. The number of hydrogen-bond acceptors (Lipinski definition) is 4. The number of imidazole rings is 1. The summed E-state index contributed by atoms with van der Waals surface area (Å²) >= 11 is 0. The van der Waals surface area contributed by atoms with Crippen LogP contribution in [-0.2, 0) is 12.0 Å². The number of fused-ring (bicyclic) bond motifs is 1. The number of aromatic amines is 1. The summed E-state index contributed by atoms with van der Waals surface area (Å²) in [6, 6.07) is 11.8. The summed E-state index contributed by atoms with van der Waals surface area (Å²) in [4.78, 5) is 12.4. The molecular weight excluding hydrogens is 352 g/mol. The van der Waals surface area contributed by atoms with Crippen molar-refractivity contribution < 1.29 is 9.84 Å². The van der Waals surface area contributed by atoms with Crippen molar-refractivity contribution in [1.82, 2.24) is 19.5 Å². The lowest BCUT2D eigenvalue weighted by molar-refractivity contribution is 0.0480. The van der Waals surface area contributed by atoms with Gasteiger partial charge in [0.2, 0.25) is 0 Å². The fourth-order valence-corrected chi connectivity index (χ4v) is 3.38. The molecule has 6 heteroatoms. The fourth-order valence-electron chi connectivity index (χ4n) is 3.38. The molecular formula is C22H24N4O2. The number of aromatic nitrogens is 4. The summed E-state index contributed by atoms with van der Waals surface area (Å²) in [5.41, 5.74) is 3.29. The maximum absolute atomic E-state index is 11.2. The van der Waals surface area contributed by atoms with Gasteiger partial charge in [0.15, 0.2) is 0 Å². The maximum Gasteiger partial charge on any atom is 0.139 e. The zero-order chi connectivity index (χ0) is 19.7. The normalized spacial score (nSPS) is 13.6. The quantitative estimate of drug-likeness (QED) is 0.535. The van der Waals surface area contributed by atoms with Crippen molar-refractivity contribution in [3.05, 3.63) is 72.1 Å². The molecule has 0 spiro atoms. The molecule has 0 fully saturated rings. The molecule has 0 aliphatic rings. The minimum absolute atomic E-state index is 0.337. The van der Waals surface area contributed by atoms with Crippen LogP contribution >= 0.6 is 0 Å². The summed E-state index contributed by atoms with van der Waals surface area (Å²) in [5.74, 6) is 1.32. The van der Waals surface area contributed by atoms with E-state index < -0.39 is 5.60 Å². The molecule has 1 atom stereocenters. The largest absolute Gasteiger partial charge is 0.493 e. The fraction of sp³-hybridized carbons (Fsp3) is 0.273. The van der Waals surface area contributed by atoms with E-state index >= 15 is 0 Å².